The monoisotopic (exact) mass is 621 g/mol. The molecule has 7 aromatic rings. The minimum atomic E-state index is 0. The van der Waals surface area contributed by atoms with Crippen molar-refractivity contribution in [2.45, 2.75) is 0 Å². The smallest absolute Gasteiger partial charge is 0.217 e. The first-order valence-electron chi connectivity index (χ1n) is 10.3. The molecule has 0 aliphatic carbocycles. The molecule has 167 valence electrons. The van der Waals surface area contributed by atoms with Crippen molar-refractivity contribution < 1.29 is 20.1 Å². The van der Waals surface area contributed by atoms with E-state index in [4.69, 9.17) is 0 Å². The van der Waals surface area contributed by atoms with Crippen molar-refractivity contribution in [1.82, 2.24) is 39.6 Å². The molecular formula is C25H16IrN8-2. The quantitative estimate of drug-likeness (QED) is 0.271. The van der Waals surface area contributed by atoms with Gasteiger partial charge in [-0.15, -0.1) is 16.8 Å². The summed E-state index contributed by atoms with van der Waals surface area (Å²) in [6.45, 7) is 0. The number of aromatic nitrogens is 8. The Morgan fingerprint density at radius 1 is 0.794 bits per heavy atom. The Bertz CT molecular complexity index is 1660. The van der Waals surface area contributed by atoms with Crippen molar-refractivity contribution in [3.63, 3.8) is 0 Å². The number of nitrogens with zero attached hydrogens (tertiary/aromatic N) is 8. The second-order valence-corrected chi connectivity index (χ2v) is 7.25. The minimum Gasteiger partial charge on any atom is -0.329 e. The molecule has 0 saturated carbocycles. The molecule has 0 aliphatic rings. The molecule has 8 nitrogen and oxygen atoms in total. The summed E-state index contributed by atoms with van der Waals surface area (Å²) in [6.07, 6.45) is 5.51. The number of para-hydroxylation sites is 2. The molecule has 9 heteroatoms. The predicted molar refractivity (Wildman–Crippen MR) is 125 cm³/mol. The van der Waals surface area contributed by atoms with Crippen LogP contribution in [0.3, 0.4) is 0 Å². The fourth-order valence-electron chi connectivity index (χ4n) is 3.91. The summed E-state index contributed by atoms with van der Waals surface area (Å²) < 4.78 is 4.29. The van der Waals surface area contributed by atoms with Crippen LogP contribution in [0.5, 0.6) is 0 Å². The number of hydrogen-bond acceptors (Lipinski definition) is 5. The number of rotatable bonds is 2. The van der Waals surface area contributed by atoms with Crippen LogP contribution in [-0.2, 0) is 20.1 Å². The third-order valence-corrected chi connectivity index (χ3v) is 5.34. The van der Waals surface area contributed by atoms with Crippen LogP contribution in [-0.4, -0.2) is 34.5 Å². The minimum absolute atomic E-state index is 0. The fourth-order valence-corrected chi connectivity index (χ4v) is 3.91. The van der Waals surface area contributed by atoms with Gasteiger partial charge >= 0.3 is 0 Å². The van der Waals surface area contributed by atoms with Gasteiger partial charge in [0.25, 0.3) is 0 Å². The Labute approximate surface area is 207 Å². The number of imidazole rings is 2. The van der Waals surface area contributed by atoms with Gasteiger partial charge in [0, 0.05) is 38.7 Å². The molecule has 4 aromatic heterocycles. The summed E-state index contributed by atoms with van der Waals surface area (Å²) in [5.41, 5.74) is 4.02. The van der Waals surface area contributed by atoms with E-state index < -0.39 is 0 Å². The van der Waals surface area contributed by atoms with Gasteiger partial charge in [-0.25, -0.2) is 4.98 Å². The zero-order chi connectivity index (χ0) is 22.0. The van der Waals surface area contributed by atoms with Gasteiger partial charge < -0.3 is 9.67 Å². The number of fused-ring (bicyclic) bond motifs is 4. The number of pyridine rings is 1. The molecule has 1 radical (unpaired) electrons. The third-order valence-electron chi connectivity index (χ3n) is 5.34. The fraction of sp³-hybridized carbons (Fsp3) is 0. The van der Waals surface area contributed by atoms with Gasteiger partial charge in [0.05, 0.1) is 22.6 Å². The van der Waals surface area contributed by atoms with Crippen molar-refractivity contribution in [1.29, 1.82) is 0 Å². The molecule has 0 unspecified atom stereocenters. The molecule has 34 heavy (non-hydrogen) atoms. The molecule has 7 rings (SSSR count). The van der Waals surface area contributed by atoms with Crippen LogP contribution in [0.15, 0.2) is 97.5 Å². The maximum Gasteiger partial charge on any atom is 0.217 e. The Morgan fingerprint density at radius 3 is 2.44 bits per heavy atom. The summed E-state index contributed by atoms with van der Waals surface area (Å²) in [7, 11) is 0. The molecule has 0 aliphatic heterocycles. The van der Waals surface area contributed by atoms with Crippen LogP contribution in [0.4, 0.5) is 0 Å². The van der Waals surface area contributed by atoms with E-state index in [2.05, 4.69) is 100 Å². The third kappa shape index (κ3) is 3.77. The first kappa shape index (κ1) is 21.6. The molecule has 0 N–H and O–H groups in total. The second-order valence-electron chi connectivity index (χ2n) is 7.25. The number of hydrogen-bond donors (Lipinski definition) is 0. The van der Waals surface area contributed by atoms with E-state index in [0.29, 0.717) is 11.5 Å². The Hall–Kier alpha value is -4.20. The van der Waals surface area contributed by atoms with Crippen LogP contribution in [0.1, 0.15) is 0 Å². The number of benzene rings is 3. The van der Waals surface area contributed by atoms with Crippen molar-refractivity contribution in [3.05, 3.63) is 104 Å². The predicted octanol–water partition coefficient (Wildman–Crippen LogP) is 4.12. The molecule has 0 spiro atoms. The van der Waals surface area contributed by atoms with Gasteiger partial charge in [0.15, 0.2) is 0 Å². The molecule has 0 amide bonds. The van der Waals surface area contributed by atoms with Crippen molar-refractivity contribution in [2.24, 2.45) is 0 Å². The standard InChI is InChI=1S/C19H12N3.C6H4N5.Ir/c1-2-8-15-14(6-1)7-5-11-16(15)22-18-10-4-3-9-17(18)21-13-12-20-19(21)22;1-2-4-7-5(3-1)6-8-10-11-9-6;/h1-10,12-13H;1-4H;/q2*-1;. The molecule has 0 atom stereocenters. The molecular weight excluding hydrogens is 605 g/mol. The maximum absolute atomic E-state index is 4.54. The Morgan fingerprint density at radius 2 is 1.62 bits per heavy atom. The molecule has 4 heterocycles. The topological polar surface area (TPSA) is 87.9 Å². The average Bonchev–Trinajstić information content (AvgIpc) is 3.63. The van der Waals surface area contributed by atoms with Crippen LogP contribution in [0.25, 0.3) is 44.8 Å². The summed E-state index contributed by atoms with van der Waals surface area (Å²) in [5.74, 6) is 1.37. The number of tetrazole rings is 1. The SMILES string of the molecule is [Ir].[c-]1ccc2ccccc2c1-n1c2ccccc2n2ccnc12.c1ccc(-c2nnn[n-]2)nc1. The summed E-state index contributed by atoms with van der Waals surface area (Å²) in [4.78, 5) is 8.56. The van der Waals surface area contributed by atoms with E-state index >= 15 is 0 Å². The van der Waals surface area contributed by atoms with E-state index in [-0.39, 0.29) is 20.1 Å². The second kappa shape index (κ2) is 9.35. The largest absolute Gasteiger partial charge is 0.329 e. The summed E-state index contributed by atoms with van der Waals surface area (Å²) in [6, 6.07) is 29.7. The zero-order valence-corrected chi connectivity index (χ0v) is 20.0. The maximum atomic E-state index is 4.54. The Balaban J connectivity index is 0.000000170. The van der Waals surface area contributed by atoms with Crippen molar-refractivity contribution in [2.75, 3.05) is 0 Å². The van der Waals surface area contributed by atoms with E-state index in [0.717, 1.165) is 22.5 Å². The summed E-state index contributed by atoms with van der Waals surface area (Å²) in [5, 5.41) is 16.4. The van der Waals surface area contributed by atoms with Gasteiger partial charge in [0.2, 0.25) is 5.78 Å². The summed E-state index contributed by atoms with van der Waals surface area (Å²) >= 11 is 0. The molecule has 3 aromatic carbocycles. The van der Waals surface area contributed by atoms with Gasteiger partial charge in [-0.3, -0.25) is 19.7 Å². The van der Waals surface area contributed by atoms with Crippen LogP contribution >= 0.6 is 0 Å². The zero-order valence-electron chi connectivity index (χ0n) is 17.6. The van der Waals surface area contributed by atoms with E-state index in [1.807, 2.05) is 30.6 Å². The normalized spacial score (nSPS) is 10.7. The molecule has 0 fully saturated rings. The first-order chi connectivity index (χ1) is 16.4. The van der Waals surface area contributed by atoms with Gasteiger partial charge in [-0.2, -0.15) is 23.4 Å². The van der Waals surface area contributed by atoms with Crippen molar-refractivity contribution >= 4 is 27.6 Å². The van der Waals surface area contributed by atoms with Crippen molar-refractivity contribution in [3.8, 4) is 17.2 Å². The van der Waals surface area contributed by atoms with Crippen LogP contribution < -0.4 is 5.10 Å². The average molecular weight is 621 g/mol. The van der Waals surface area contributed by atoms with E-state index in [1.54, 1.807) is 12.3 Å². The first-order valence-corrected chi connectivity index (χ1v) is 10.3. The Kier molecular flexibility index (Phi) is 5.95. The van der Waals surface area contributed by atoms with E-state index in [9.17, 15) is 0 Å². The van der Waals surface area contributed by atoms with Gasteiger partial charge in [-0.05, 0) is 24.3 Å². The van der Waals surface area contributed by atoms with E-state index in [1.165, 1.54) is 10.8 Å². The van der Waals surface area contributed by atoms with Crippen LogP contribution in [0.2, 0.25) is 0 Å². The van der Waals surface area contributed by atoms with Gasteiger partial charge in [0.1, 0.15) is 0 Å². The van der Waals surface area contributed by atoms with Crippen LogP contribution in [0, 0.1) is 6.07 Å². The van der Waals surface area contributed by atoms with Gasteiger partial charge in [-0.1, -0.05) is 42.1 Å². The molecule has 0 bridgehead atoms. The molecule has 0 saturated heterocycles.